The lowest BCUT2D eigenvalue weighted by atomic mass is 9.71. The van der Waals surface area contributed by atoms with Gasteiger partial charge in [0.2, 0.25) is 0 Å². The number of hydrogen-bond donors (Lipinski definition) is 1. The molecule has 0 saturated heterocycles. The van der Waals surface area contributed by atoms with E-state index >= 15 is 0 Å². The van der Waals surface area contributed by atoms with E-state index in [1.54, 1.807) is 6.21 Å². The summed E-state index contributed by atoms with van der Waals surface area (Å²) in [6.07, 6.45) is 17.5. The summed E-state index contributed by atoms with van der Waals surface area (Å²) < 4.78 is 0. The highest BCUT2D eigenvalue weighted by Crippen LogP contribution is 2.39. The Hall–Kier alpha value is -0.590. The molecule has 1 heteroatoms. The van der Waals surface area contributed by atoms with Crippen LogP contribution in [0.15, 0.2) is 12.2 Å². The van der Waals surface area contributed by atoms with Crippen LogP contribution in [0, 0.1) is 29.1 Å². The fraction of sp³-hybridized carbons (Fsp3) is 0.812. The monoisotopic (exact) mass is 233 g/mol. The molecule has 0 aromatic rings. The van der Waals surface area contributed by atoms with Crippen molar-refractivity contribution < 1.29 is 0 Å². The summed E-state index contributed by atoms with van der Waals surface area (Å²) in [5.74, 6) is 3.24. The van der Waals surface area contributed by atoms with Gasteiger partial charge in [0.1, 0.15) is 0 Å². The van der Waals surface area contributed by atoms with Crippen molar-refractivity contribution in [2.24, 2.45) is 23.7 Å². The van der Waals surface area contributed by atoms with Crippen molar-refractivity contribution in [2.75, 3.05) is 0 Å². The summed E-state index contributed by atoms with van der Waals surface area (Å²) in [5.41, 5.74) is 0. The minimum atomic E-state index is 0.433. The molecule has 96 valence electrons. The largest absolute Gasteiger partial charge is 0.312 e. The third kappa shape index (κ3) is 3.43. The smallest absolute Gasteiger partial charge is 0.0115 e. The second-order valence-corrected chi connectivity index (χ2v) is 6.03. The van der Waals surface area contributed by atoms with E-state index in [2.05, 4.69) is 19.1 Å². The van der Waals surface area contributed by atoms with Crippen LogP contribution in [0.25, 0.3) is 0 Å². The fourth-order valence-corrected chi connectivity index (χ4v) is 3.71. The minimum Gasteiger partial charge on any atom is -0.312 e. The van der Waals surface area contributed by atoms with Crippen LogP contribution in [0.1, 0.15) is 58.3 Å². The highest BCUT2D eigenvalue weighted by atomic mass is 14.4. The van der Waals surface area contributed by atoms with Gasteiger partial charge in [-0.3, -0.25) is 0 Å². The molecular formula is C16H27N. The first-order valence-electron chi connectivity index (χ1n) is 7.52. The van der Waals surface area contributed by atoms with Crippen LogP contribution in [0.5, 0.6) is 0 Å². The molecule has 1 N–H and O–H groups in total. The van der Waals surface area contributed by atoms with Gasteiger partial charge in [-0.15, -0.1) is 0 Å². The summed E-state index contributed by atoms with van der Waals surface area (Å²) in [7, 11) is 0. The van der Waals surface area contributed by atoms with Crippen LogP contribution in [-0.2, 0) is 0 Å². The molecule has 0 aromatic heterocycles. The first kappa shape index (κ1) is 12.9. The van der Waals surface area contributed by atoms with E-state index in [1.807, 2.05) is 0 Å². The summed E-state index contributed by atoms with van der Waals surface area (Å²) in [6, 6.07) is 0. The van der Waals surface area contributed by atoms with Crippen LogP contribution in [0.3, 0.4) is 0 Å². The molecular weight excluding hydrogens is 206 g/mol. The van der Waals surface area contributed by atoms with E-state index in [1.165, 1.54) is 51.4 Å². The van der Waals surface area contributed by atoms with E-state index in [-0.39, 0.29) is 0 Å². The van der Waals surface area contributed by atoms with E-state index < -0.39 is 0 Å². The molecule has 0 heterocycles. The van der Waals surface area contributed by atoms with Crippen molar-refractivity contribution >= 4 is 6.21 Å². The van der Waals surface area contributed by atoms with E-state index in [0.29, 0.717) is 5.92 Å². The standard InChI is InChI=1S/C16H27N/c1-2-3-13-4-8-15(9-5-13)16-10-6-14(12-17)7-11-16/h6,10,12-17H,2-5,7-9,11H2,1H3. The summed E-state index contributed by atoms with van der Waals surface area (Å²) in [6.45, 7) is 2.31. The Bertz CT molecular complexity index is 261. The lowest BCUT2D eigenvalue weighted by Gasteiger charge is -2.34. The number of nitrogens with one attached hydrogen (secondary N) is 1. The molecule has 2 aliphatic carbocycles. The Morgan fingerprint density at radius 3 is 2.35 bits per heavy atom. The first-order valence-corrected chi connectivity index (χ1v) is 7.52. The molecule has 2 aliphatic rings. The second kappa shape index (κ2) is 6.37. The number of hydrogen-bond acceptors (Lipinski definition) is 1. The molecule has 2 atom stereocenters. The lowest BCUT2D eigenvalue weighted by Crippen LogP contribution is -2.23. The normalized spacial score (nSPS) is 37.9. The fourth-order valence-electron chi connectivity index (χ4n) is 3.71. The summed E-state index contributed by atoms with van der Waals surface area (Å²) in [4.78, 5) is 0. The van der Waals surface area contributed by atoms with Crippen molar-refractivity contribution in [2.45, 2.75) is 58.3 Å². The minimum absolute atomic E-state index is 0.433. The highest BCUT2D eigenvalue weighted by Gasteiger charge is 2.27. The molecule has 0 radical (unpaired) electrons. The Kier molecular flexibility index (Phi) is 4.82. The third-order valence-electron chi connectivity index (χ3n) is 4.85. The molecule has 2 rings (SSSR count). The van der Waals surface area contributed by atoms with Crippen molar-refractivity contribution in [1.29, 1.82) is 5.41 Å². The van der Waals surface area contributed by atoms with Gasteiger partial charge in [0.05, 0.1) is 0 Å². The van der Waals surface area contributed by atoms with Gasteiger partial charge >= 0.3 is 0 Å². The maximum Gasteiger partial charge on any atom is 0.0115 e. The highest BCUT2D eigenvalue weighted by molar-refractivity contribution is 5.59. The first-order chi connectivity index (χ1) is 8.33. The molecule has 1 fully saturated rings. The van der Waals surface area contributed by atoms with Crippen molar-refractivity contribution in [3.8, 4) is 0 Å². The predicted molar refractivity (Wildman–Crippen MR) is 74.5 cm³/mol. The maximum atomic E-state index is 7.30. The van der Waals surface area contributed by atoms with Gasteiger partial charge in [0, 0.05) is 12.1 Å². The number of rotatable bonds is 4. The topological polar surface area (TPSA) is 23.9 Å². The van der Waals surface area contributed by atoms with Crippen LogP contribution < -0.4 is 0 Å². The molecule has 0 amide bonds. The Labute approximate surface area is 106 Å². The van der Waals surface area contributed by atoms with Gasteiger partial charge in [-0.1, -0.05) is 44.8 Å². The van der Waals surface area contributed by atoms with Crippen LogP contribution in [0.2, 0.25) is 0 Å². The average molecular weight is 233 g/mol. The van der Waals surface area contributed by atoms with Crippen LogP contribution in [0.4, 0.5) is 0 Å². The molecule has 1 nitrogen and oxygen atoms in total. The van der Waals surface area contributed by atoms with E-state index in [9.17, 15) is 0 Å². The molecule has 1 saturated carbocycles. The van der Waals surface area contributed by atoms with Crippen molar-refractivity contribution in [1.82, 2.24) is 0 Å². The van der Waals surface area contributed by atoms with Gasteiger partial charge in [-0.25, -0.2) is 0 Å². The van der Waals surface area contributed by atoms with Crippen molar-refractivity contribution in [3.63, 3.8) is 0 Å². The predicted octanol–water partition coefficient (Wildman–Crippen LogP) is 4.82. The summed E-state index contributed by atoms with van der Waals surface area (Å²) in [5, 5.41) is 7.30. The molecule has 0 spiro atoms. The lowest BCUT2D eigenvalue weighted by molar-refractivity contribution is 0.208. The Morgan fingerprint density at radius 2 is 1.82 bits per heavy atom. The second-order valence-electron chi connectivity index (χ2n) is 6.03. The van der Waals surface area contributed by atoms with Crippen LogP contribution >= 0.6 is 0 Å². The van der Waals surface area contributed by atoms with E-state index in [0.717, 1.165) is 17.8 Å². The van der Waals surface area contributed by atoms with Gasteiger partial charge in [0.15, 0.2) is 0 Å². The molecule has 0 bridgehead atoms. The average Bonchev–Trinajstić information content (AvgIpc) is 2.40. The van der Waals surface area contributed by atoms with Gasteiger partial charge in [0.25, 0.3) is 0 Å². The van der Waals surface area contributed by atoms with E-state index in [4.69, 9.17) is 5.41 Å². The Balaban J connectivity index is 1.79. The summed E-state index contributed by atoms with van der Waals surface area (Å²) >= 11 is 0. The molecule has 2 unspecified atom stereocenters. The molecule has 0 aromatic carbocycles. The zero-order valence-corrected chi connectivity index (χ0v) is 11.2. The maximum absolute atomic E-state index is 7.30. The zero-order valence-electron chi connectivity index (χ0n) is 11.2. The SMILES string of the molecule is CCCC1CCC(C2C=CC(C=N)CC2)CC1. The zero-order chi connectivity index (χ0) is 12.1. The van der Waals surface area contributed by atoms with Crippen molar-refractivity contribution in [3.05, 3.63) is 12.2 Å². The molecule has 17 heavy (non-hydrogen) atoms. The van der Waals surface area contributed by atoms with Gasteiger partial charge < -0.3 is 5.41 Å². The Morgan fingerprint density at radius 1 is 1.06 bits per heavy atom. The van der Waals surface area contributed by atoms with Gasteiger partial charge in [-0.05, 0) is 43.4 Å². The van der Waals surface area contributed by atoms with Gasteiger partial charge in [-0.2, -0.15) is 0 Å². The van der Waals surface area contributed by atoms with Crippen LogP contribution in [-0.4, -0.2) is 6.21 Å². The molecule has 0 aliphatic heterocycles. The quantitative estimate of drug-likeness (QED) is 0.531. The number of allylic oxidation sites excluding steroid dienone is 2. The third-order valence-corrected chi connectivity index (χ3v) is 4.85.